The van der Waals surface area contributed by atoms with Crippen molar-refractivity contribution in [3.63, 3.8) is 0 Å². The summed E-state index contributed by atoms with van der Waals surface area (Å²) in [6, 6.07) is 17.5. The van der Waals surface area contributed by atoms with Gasteiger partial charge in [-0.25, -0.2) is 8.42 Å². The summed E-state index contributed by atoms with van der Waals surface area (Å²) in [5, 5.41) is 3.91. The van der Waals surface area contributed by atoms with Crippen molar-refractivity contribution in [2.45, 2.75) is 23.8 Å². The van der Waals surface area contributed by atoms with Crippen molar-refractivity contribution in [2.24, 2.45) is 0 Å². The largest absolute Gasteiger partial charge is 0.495 e. The molecule has 0 spiro atoms. The molecule has 3 aromatic rings. The van der Waals surface area contributed by atoms with Gasteiger partial charge in [0.1, 0.15) is 5.75 Å². The van der Waals surface area contributed by atoms with Crippen molar-refractivity contribution in [1.29, 1.82) is 0 Å². The first kappa shape index (κ1) is 25.2. The summed E-state index contributed by atoms with van der Waals surface area (Å²) in [5.74, 6) is 1.28. The molecule has 7 nitrogen and oxygen atoms in total. The fourth-order valence-electron chi connectivity index (χ4n) is 4.40. The summed E-state index contributed by atoms with van der Waals surface area (Å²) in [7, 11) is 0.533. The molecule has 186 valence electrons. The van der Waals surface area contributed by atoms with Crippen LogP contribution in [0.4, 0.5) is 5.69 Å². The van der Waals surface area contributed by atoms with E-state index in [0.717, 1.165) is 17.7 Å². The summed E-state index contributed by atoms with van der Waals surface area (Å²) < 4.78 is 46.4. The second-order valence-electron chi connectivity index (χ2n) is 8.20. The predicted octanol–water partition coefficient (Wildman–Crippen LogP) is 4.51. The van der Waals surface area contributed by atoms with Gasteiger partial charge in [0.25, 0.3) is 10.0 Å². The molecular formula is C26H29ClN2O5S. The van der Waals surface area contributed by atoms with Crippen LogP contribution in [0.25, 0.3) is 0 Å². The maximum Gasteiger partial charge on any atom is 0.264 e. The molecule has 4 rings (SSSR count). The van der Waals surface area contributed by atoms with E-state index in [2.05, 4.69) is 5.32 Å². The van der Waals surface area contributed by atoms with Crippen molar-refractivity contribution < 1.29 is 22.6 Å². The molecule has 9 heteroatoms. The van der Waals surface area contributed by atoms with Crippen LogP contribution in [0.15, 0.2) is 65.6 Å². The molecule has 0 aliphatic carbocycles. The fraction of sp³-hybridized carbons (Fsp3) is 0.308. The lowest BCUT2D eigenvalue weighted by Gasteiger charge is -2.33. The zero-order valence-electron chi connectivity index (χ0n) is 20.0. The van der Waals surface area contributed by atoms with E-state index in [0.29, 0.717) is 47.3 Å². The van der Waals surface area contributed by atoms with Gasteiger partial charge in [0.15, 0.2) is 11.5 Å². The normalized spacial score (nSPS) is 15.6. The van der Waals surface area contributed by atoms with Crippen molar-refractivity contribution in [3.8, 4) is 17.2 Å². The number of halogens is 1. The Morgan fingerprint density at radius 2 is 1.63 bits per heavy atom. The maximum atomic E-state index is 14.2. The van der Waals surface area contributed by atoms with E-state index in [9.17, 15) is 8.42 Å². The Morgan fingerprint density at radius 1 is 0.914 bits per heavy atom. The SMILES string of the molecule is COc1ccc(S(=O)(=O)N(c2c(Cc3ccccc3Cl)cccc2OC)[C@H]2CCNC2)cc1OC. The number of nitrogens with zero attached hydrogens (tertiary/aromatic N) is 1. The molecule has 0 unspecified atom stereocenters. The highest BCUT2D eigenvalue weighted by atomic mass is 35.5. The number of anilines is 1. The monoisotopic (exact) mass is 516 g/mol. The third-order valence-corrected chi connectivity index (χ3v) is 8.36. The minimum Gasteiger partial charge on any atom is -0.495 e. The summed E-state index contributed by atoms with van der Waals surface area (Å²) in [6.45, 7) is 1.24. The highest BCUT2D eigenvalue weighted by Gasteiger charge is 2.37. The van der Waals surface area contributed by atoms with Crippen molar-refractivity contribution >= 4 is 27.3 Å². The van der Waals surface area contributed by atoms with Gasteiger partial charge in [-0.05, 0) is 48.4 Å². The molecule has 0 radical (unpaired) electrons. The molecule has 0 aromatic heterocycles. The molecule has 1 saturated heterocycles. The lowest BCUT2D eigenvalue weighted by Crippen LogP contribution is -2.42. The first-order valence-electron chi connectivity index (χ1n) is 11.3. The number of benzene rings is 3. The highest BCUT2D eigenvalue weighted by molar-refractivity contribution is 7.92. The molecule has 0 amide bonds. The average molecular weight is 517 g/mol. The molecule has 1 atom stereocenters. The number of rotatable bonds is 9. The Morgan fingerprint density at radius 3 is 2.29 bits per heavy atom. The van der Waals surface area contributed by atoms with Gasteiger partial charge < -0.3 is 19.5 Å². The van der Waals surface area contributed by atoms with E-state index in [1.54, 1.807) is 19.2 Å². The van der Waals surface area contributed by atoms with Crippen LogP contribution in [0.1, 0.15) is 17.5 Å². The molecule has 0 saturated carbocycles. The van der Waals surface area contributed by atoms with E-state index < -0.39 is 10.0 Å². The number of hydrogen-bond donors (Lipinski definition) is 1. The van der Waals surface area contributed by atoms with Gasteiger partial charge in [0.2, 0.25) is 0 Å². The summed E-state index contributed by atoms with van der Waals surface area (Å²) in [5.41, 5.74) is 2.21. The van der Waals surface area contributed by atoms with E-state index in [-0.39, 0.29) is 10.9 Å². The second kappa shape index (κ2) is 10.8. The third-order valence-electron chi connectivity index (χ3n) is 6.14. The number of sulfonamides is 1. The average Bonchev–Trinajstić information content (AvgIpc) is 3.40. The van der Waals surface area contributed by atoms with Crippen LogP contribution in [0.2, 0.25) is 5.02 Å². The number of hydrogen-bond acceptors (Lipinski definition) is 6. The van der Waals surface area contributed by atoms with Crippen LogP contribution in [0, 0.1) is 0 Å². The number of methoxy groups -OCH3 is 3. The molecule has 1 aliphatic rings. The standard InChI is InChI=1S/C26H29ClN2O5S/c1-32-23-12-11-21(16-25(23)34-3)35(30,31)29(20-13-14-28-17-20)26-19(8-6-10-24(26)33-2)15-18-7-4-5-9-22(18)27/h4-12,16,20,28H,13-15,17H2,1-3H3/t20-/m0/s1. The van der Waals surface area contributed by atoms with Crippen LogP contribution in [-0.4, -0.2) is 48.9 Å². The Balaban J connectivity index is 1.90. The quantitative estimate of drug-likeness (QED) is 0.451. The van der Waals surface area contributed by atoms with Crippen LogP contribution >= 0.6 is 11.6 Å². The lowest BCUT2D eigenvalue weighted by atomic mass is 10.0. The molecule has 1 fully saturated rings. The molecule has 1 N–H and O–H groups in total. The van der Waals surface area contributed by atoms with E-state index >= 15 is 0 Å². The molecule has 3 aromatic carbocycles. The molecule has 1 aliphatic heterocycles. The summed E-state index contributed by atoms with van der Waals surface area (Å²) in [4.78, 5) is 0.108. The van der Waals surface area contributed by atoms with Gasteiger partial charge in [-0.1, -0.05) is 41.9 Å². The van der Waals surface area contributed by atoms with E-state index in [1.807, 2.05) is 36.4 Å². The Labute approximate surface area is 211 Å². The molecule has 0 bridgehead atoms. The van der Waals surface area contributed by atoms with Gasteiger partial charge in [-0.2, -0.15) is 0 Å². The zero-order chi connectivity index (χ0) is 25.0. The predicted molar refractivity (Wildman–Crippen MR) is 138 cm³/mol. The highest BCUT2D eigenvalue weighted by Crippen LogP contribution is 2.41. The summed E-state index contributed by atoms with van der Waals surface area (Å²) >= 11 is 6.46. The molecule has 1 heterocycles. The fourth-order valence-corrected chi connectivity index (χ4v) is 6.35. The Bertz CT molecular complexity index is 1290. The van der Waals surface area contributed by atoms with Gasteiger partial charge in [-0.3, -0.25) is 4.31 Å². The van der Waals surface area contributed by atoms with Crippen molar-refractivity contribution in [1.82, 2.24) is 5.32 Å². The number of nitrogens with one attached hydrogen (secondary N) is 1. The third kappa shape index (κ3) is 5.05. The lowest BCUT2D eigenvalue weighted by molar-refractivity contribution is 0.354. The van der Waals surface area contributed by atoms with Crippen LogP contribution in [0.3, 0.4) is 0 Å². The molecule has 35 heavy (non-hydrogen) atoms. The maximum absolute atomic E-state index is 14.2. The Kier molecular flexibility index (Phi) is 7.74. The minimum absolute atomic E-state index is 0.108. The molecular weight excluding hydrogens is 488 g/mol. The Hall–Kier alpha value is -2.94. The van der Waals surface area contributed by atoms with Gasteiger partial charge in [-0.15, -0.1) is 0 Å². The van der Waals surface area contributed by atoms with Gasteiger partial charge in [0, 0.05) is 24.1 Å². The van der Waals surface area contributed by atoms with E-state index in [4.69, 9.17) is 25.8 Å². The van der Waals surface area contributed by atoms with E-state index in [1.165, 1.54) is 30.7 Å². The van der Waals surface area contributed by atoms with Crippen LogP contribution < -0.4 is 23.8 Å². The van der Waals surface area contributed by atoms with Crippen molar-refractivity contribution in [2.75, 3.05) is 38.7 Å². The van der Waals surface area contributed by atoms with Crippen LogP contribution in [-0.2, 0) is 16.4 Å². The second-order valence-corrected chi connectivity index (χ2v) is 10.4. The first-order valence-corrected chi connectivity index (χ1v) is 13.1. The van der Waals surface area contributed by atoms with Gasteiger partial charge >= 0.3 is 0 Å². The number of para-hydroxylation sites is 1. The minimum atomic E-state index is -4.01. The number of ether oxygens (including phenoxy) is 3. The smallest absolute Gasteiger partial charge is 0.264 e. The summed E-state index contributed by atoms with van der Waals surface area (Å²) in [6.07, 6.45) is 1.11. The topological polar surface area (TPSA) is 77.1 Å². The van der Waals surface area contributed by atoms with Crippen molar-refractivity contribution in [3.05, 3.63) is 76.8 Å². The zero-order valence-corrected chi connectivity index (χ0v) is 21.5. The first-order chi connectivity index (χ1) is 16.9. The van der Waals surface area contributed by atoms with Crippen LogP contribution in [0.5, 0.6) is 17.2 Å². The van der Waals surface area contributed by atoms with Gasteiger partial charge in [0.05, 0.1) is 38.0 Å².